The number of hydrogen-bond donors (Lipinski definition) is 0. The summed E-state index contributed by atoms with van der Waals surface area (Å²) < 4.78 is 4.39. The maximum atomic E-state index is 3.84. The molecule has 0 saturated carbocycles. The molecule has 5 heteroatoms. The summed E-state index contributed by atoms with van der Waals surface area (Å²) in [6, 6.07) is 0. The van der Waals surface area contributed by atoms with Crippen molar-refractivity contribution in [2.45, 2.75) is 101 Å². The molecule has 0 N–H and O–H groups in total. The molecule has 0 atom stereocenters. The van der Waals surface area contributed by atoms with E-state index in [1.807, 2.05) is 22.7 Å². The van der Waals surface area contributed by atoms with Gasteiger partial charge < -0.3 is 0 Å². The minimum atomic E-state index is 1.26. The average molecular weight is 508 g/mol. The summed E-state index contributed by atoms with van der Waals surface area (Å²) in [7, 11) is 0. The van der Waals surface area contributed by atoms with Crippen molar-refractivity contribution < 1.29 is 0 Å². The summed E-state index contributed by atoms with van der Waals surface area (Å²) in [6.45, 7) is 4.58. The van der Waals surface area contributed by atoms with Crippen molar-refractivity contribution in [1.82, 2.24) is 0 Å². The van der Waals surface area contributed by atoms with Crippen molar-refractivity contribution in [3.05, 3.63) is 9.17 Å². The lowest BCUT2D eigenvalue weighted by Crippen LogP contribution is -1.82. The van der Waals surface area contributed by atoms with E-state index in [2.05, 4.69) is 58.7 Å². The van der Waals surface area contributed by atoms with Gasteiger partial charge in [-0.25, -0.2) is 0 Å². The largest absolute Gasteiger partial charge is 0.140 e. The van der Waals surface area contributed by atoms with E-state index in [0.717, 1.165) is 0 Å². The van der Waals surface area contributed by atoms with E-state index >= 15 is 0 Å². The molecule has 0 unspecified atom stereocenters. The van der Waals surface area contributed by atoms with Crippen LogP contribution in [0.3, 0.4) is 0 Å². The zero-order valence-electron chi connectivity index (χ0n) is 17.0. The molecular weight excluding hydrogens is 472 g/mol. The summed E-state index contributed by atoms with van der Waals surface area (Å²) in [4.78, 5) is 3.01. The molecule has 2 rings (SSSR count). The van der Waals surface area contributed by atoms with Crippen LogP contribution in [0, 0.1) is 0 Å². The molecule has 0 saturated heterocycles. The monoisotopic (exact) mass is 506 g/mol. The summed E-state index contributed by atoms with van der Waals surface area (Å²) in [6.07, 6.45) is 16.6. The Morgan fingerprint density at radius 1 is 0.741 bits per heavy atom. The number of halogens is 1. The molecule has 0 fully saturated rings. The van der Waals surface area contributed by atoms with Crippen LogP contribution in [0.1, 0.15) is 90.9 Å². The highest BCUT2D eigenvalue weighted by atomic mass is 79.9. The van der Waals surface area contributed by atoms with Crippen molar-refractivity contribution in [3.8, 4) is 0 Å². The Labute approximate surface area is 191 Å². The minimum Gasteiger partial charge on any atom is -0.140 e. The predicted octanol–water partition coefficient (Wildman–Crippen LogP) is 10.6. The lowest BCUT2D eigenvalue weighted by molar-refractivity contribution is 0.627. The van der Waals surface area contributed by atoms with Gasteiger partial charge in [-0.2, -0.15) is 0 Å². The van der Waals surface area contributed by atoms with Crippen molar-refractivity contribution in [2.75, 3.05) is 11.5 Å². The van der Waals surface area contributed by atoms with Gasteiger partial charge in [0.15, 0.2) is 0 Å². The lowest BCUT2D eigenvalue weighted by atomic mass is 10.1. The fourth-order valence-electron chi connectivity index (χ4n) is 3.15. The van der Waals surface area contributed by atoms with E-state index in [4.69, 9.17) is 0 Å². The molecule has 2 heterocycles. The first-order valence-corrected chi connectivity index (χ1v) is 15.2. The molecule has 0 aliphatic rings. The standard InChI is InChI=1S/C22H35BrS4/c1-3-5-7-9-11-13-15-24-18-17-26-20-19(18)27-22(23)21(20)25-16-14-12-10-8-6-4-2/h17H,3-16H2,1-2H3. The van der Waals surface area contributed by atoms with E-state index in [9.17, 15) is 0 Å². The zero-order chi connectivity index (χ0) is 19.3. The number of unbranched alkanes of at least 4 members (excludes halogenated alkanes) is 10. The van der Waals surface area contributed by atoms with Crippen LogP contribution in [0.4, 0.5) is 0 Å². The minimum absolute atomic E-state index is 1.26. The van der Waals surface area contributed by atoms with Crippen LogP contribution in [0.5, 0.6) is 0 Å². The molecule has 0 aromatic carbocycles. The van der Waals surface area contributed by atoms with E-state index in [0.29, 0.717) is 0 Å². The van der Waals surface area contributed by atoms with Gasteiger partial charge in [0.2, 0.25) is 0 Å². The number of thiophene rings is 2. The van der Waals surface area contributed by atoms with E-state index in [-0.39, 0.29) is 0 Å². The molecule has 0 bridgehead atoms. The van der Waals surface area contributed by atoms with Crippen molar-refractivity contribution in [1.29, 1.82) is 0 Å². The van der Waals surface area contributed by atoms with Gasteiger partial charge in [-0.15, -0.1) is 46.2 Å². The van der Waals surface area contributed by atoms with Gasteiger partial charge in [-0.1, -0.05) is 78.1 Å². The van der Waals surface area contributed by atoms with Crippen LogP contribution in [0.2, 0.25) is 0 Å². The smallest absolute Gasteiger partial charge is 0.0855 e. The lowest BCUT2D eigenvalue weighted by Gasteiger charge is -2.01. The van der Waals surface area contributed by atoms with Crippen LogP contribution in [0.25, 0.3) is 9.40 Å². The first-order valence-electron chi connectivity index (χ1n) is 10.7. The van der Waals surface area contributed by atoms with Crippen LogP contribution in [-0.2, 0) is 0 Å². The number of thioether (sulfide) groups is 2. The van der Waals surface area contributed by atoms with Crippen LogP contribution < -0.4 is 0 Å². The van der Waals surface area contributed by atoms with Gasteiger partial charge in [0.1, 0.15) is 0 Å². The fraction of sp³-hybridized carbons (Fsp3) is 0.727. The Balaban J connectivity index is 1.73. The Kier molecular flexibility index (Phi) is 13.2. The molecule has 154 valence electrons. The second-order valence-electron chi connectivity index (χ2n) is 7.20. The predicted molar refractivity (Wildman–Crippen MR) is 136 cm³/mol. The van der Waals surface area contributed by atoms with E-state index in [1.165, 1.54) is 112 Å². The molecule has 0 spiro atoms. The molecule has 0 radical (unpaired) electrons. The van der Waals surface area contributed by atoms with Crippen molar-refractivity contribution in [2.24, 2.45) is 0 Å². The first kappa shape index (κ1) is 24.1. The van der Waals surface area contributed by atoms with Crippen LogP contribution in [0.15, 0.2) is 19.0 Å². The van der Waals surface area contributed by atoms with Gasteiger partial charge in [0, 0.05) is 10.3 Å². The van der Waals surface area contributed by atoms with Gasteiger partial charge in [-0.3, -0.25) is 0 Å². The third kappa shape index (κ3) is 8.62. The Bertz CT molecular complexity index is 632. The third-order valence-electron chi connectivity index (χ3n) is 4.79. The zero-order valence-corrected chi connectivity index (χ0v) is 21.8. The third-order valence-corrected chi connectivity index (χ3v) is 10.9. The molecular formula is C22H35BrS4. The molecule has 0 aliphatic heterocycles. The molecule has 0 amide bonds. The summed E-state index contributed by atoms with van der Waals surface area (Å²) in [5.74, 6) is 2.53. The topological polar surface area (TPSA) is 0 Å². The molecule has 27 heavy (non-hydrogen) atoms. The van der Waals surface area contributed by atoms with Crippen LogP contribution in [-0.4, -0.2) is 11.5 Å². The SMILES string of the molecule is CCCCCCCCSc1csc2c(SCCCCCCCC)c(Br)sc12. The maximum Gasteiger partial charge on any atom is 0.0855 e. The maximum absolute atomic E-state index is 3.84. The quantitative estimate of drug-likeness (QED) is 0.164. The van der Waals surface area contributed by atoms with Crippen molar-refractivity contribution >= 4 is 71.5 Å². The highest BCUT2D eigenvalue weighted by molar-refractivity contribution is 9.11. The van der Waals surface area contributed by atoms with E-state index in [1.54, 1.807) is 0 Å². The summed E-state index contributed by atoms with van der Waals surface area (Å²) in [5.41, 5.74) is 0. The van der Waals surface area contributed by atoms with E-state index < -0.39 is 0 Å². The average Bonchev–Trinajstić information content (AvgIpc) is 3.19. The number of fused-ring (bicyclic) bond motifs is 1. The summed E-state index contributed by atoms with van der Waals surface area (Å²) in [5, 5.41) is 2.39. The number of hydrogen-bond acceptors (Lipinski definition) is 4. The second kappa shape index (κ2) is 14.8. The Hall–Kier alpha value is 0.840. The van der Waals surface area contributed by atoms with Crippen molar-refractivity contribution in [3.63, 3.8) is 0 Å². The van der Waals surface area contributed by atoms with Gasteiger partial charge >= 0.3 is 0 Å². The number of rotatable bonds is 16. The Morgan fingerprint density at radius 2 is 1.30 bits per heavy atom. The molecule has 2 aromatic rings. The Morgan fingerprint density at radius 3 is 1.93 bits per heavy atom. The molecule has 2 aromatic heterocycles. The molecule has 0 aliphatic carbocycles. The highest BCUT2D eigenvalue weighted by Gasteiger charge is 2.16. The second-order valence-corrected chi connectivity index (χ2v) is 12.7. The van der Waals surface area contributed by atoms with Gasteiger partial charge in [-0.05, 0) is 40.3 Å². The highest BCUT2D eigenvalue weighted by Crippen LogP contribution is 2.48. The summed E-state index contributed by atoms with van der Waals surface area (Å²) >= 11 is 11.9. The van der Waals surface area contributed by atoms with Gasteiger partial charge in [0.25, 0.3) is 0 Å². The molecule has 0 nitrogen and oxygen atoms in total. The fourth-order valence-corrected chi connectivity index (χ4v) is 9.39. The van der Waals surface area contributed by atoms with Gasteiger partial charge in [0.05, 0.1) is 18.1 Å². The first-order chi connectivity index (χ1) is 13.3. The van der Waals surface area contributed by atoms with Crippen LogP contribution >= 0.6 is 62.1 Å². The normalized spacial score (nSPS) is 11.7.